The van der Waals surface area contributed by atoms with Gasteiger partial charge in [-0.2, -0.15) is 10.1 Å². The Morgan fingerprint density at radius 1 is 1.14 bits per heavy atom. The quantitative estimate of drug-likeness (QED) is 0.526. The minimum absolute atomic E-state index is 0.0932. The highest BCUT2D eigenvalue weighted by Crippen LogP contribution is 2.26. The Morgan fingerprint density at radius 3 is 2.64 bits per heavy atom. The van der Waals surface area contributed by atoms with Gasteiger partial charge < -0.3 is 10.3 Å². The lowest BCUT2D eigenvalue weighted by Crippen LogP contribution is -2.19. The van der Waals surface area contributed by atoms with E-state index in [0.29, 0.717) is 5.69 Å². The largest absolute Gasteiger partial charge is 0.361 e. The van der Waals surface area contributed by atoms with Gasteiger partial charge in [0.15, 0.2) is 17.5 Å². The van der Waals surface area contributed by atoms with Gasteiger partial charge in [0.2, 0.25) is 5.95 Å². The Morgan fingerprint density at radius 2 is 1.89 bits per heavy atom. The minimum Gasteiger partial charge on any atom is -0.361 e. The molecule has 0 saturated heterocycles. The summed E-state index contributed by atoms with van der Waals surface area (Å²) in [6.07, 6.45) is 2.81. The number of aromatic amines is 1. The summed E-state index contributed by atoms with van der Waals surface area (Å²) in [5.74, 6) is -4.04. The van der Waals surface area contributed by atoms with Crippen LogP contribution in [-0.2, 0) is 6.54 Å². The molecule has 0 atom stereocenters. The summed E-state index contributed by atoms with van der Waals surface area (Å²) in [6, 6.07) is 7.35. The summed E-state index contributed by atoms with van der Waals surface area (Å²) in [5, 5.41) is 8.00. The lowest BCUT2D eigenvalue weighted by atomic mass is 10.1. The van der Waals surface area contributed by atoms with Crippen LogP contribution in [0.4, 0.5) is 24.8 Å². The van der Waals surface area contributed by atoms with Crippen LogP contribution < -0.4 is 10.9 Å². The Balaban J connectivity index is 1.72. The van der Waals surface area contributed by atoms with Crippen molar-refractivity contribution in [2.45, 2.75) is 13.5 Å². The molecule has 0 aliphatic carbocycles. The van der Waals surface area contributed by atoms with E-state index in [2.05, 4.69) is 20.4 Å². The van der Waals surface area contributed by atoms with E-state index < -0.39 is 23.0 Å². The molecule has 0 bridgehead atoms. The molecule has 2 aromatic carbocycles. The predicted molar refractivity (Wildman–Crippen MR) is 98.0 cm³/mol. The highest BCUT2D eigenvalue weighted by Gasteiger charge is 2.14. The van der Waals surface area contributed by atoms with Gasteiger partial charge in [-0.25, -0.2) is 17.9 Å². The van der Waals surface area contributed by atoms with Gasteiger partial charge in [0.25, 0.3) is 5.56 Å². The maximum absolute atomic E-state index is 13.5. The zero-order chi connectivity index (χ0) is 19.8. The molecule has 142 valence electrons. The molecule has 4 aromatic rings. The van der Waals surface area contributed by atoms with Crippen molar-refractivity contribution in [3.05, 3.63) is 81.7 Å². The zero-order valence-electron chi connectivity index (χ0n) is 14.6. The molecular formula is C19H14F3N5O. The molecule has 2 heterocycles. The third kappa shape index (κ3) is 3.22. The monoisotopic (exact) mass is 385 g/mol. The number of aromatic nitrogens is 4. The van der Waals surface area contributed by atoms with Crippen molar-refractivity contribution in [2.75, 3.05) is 5.32 Å². The number of hydrogen-bond acceptors (Lipinski definition) is 4. The molecule has 0 fully saturated rings. The van der Waals surface area contributed by atoms with Crippen LogP contribution in [0, 0.1) is 24.4 Å². The normalized spacial score (nSPS) is 11.1. The molecular weight excluding hydrogens is 371 g/mol. The van der Waals surface area contributed by atoms with Gasteiger partial charge >= 0.3 is 0 Å². The number of nitrogens with zero attached hydrogens (tertiary/aromatic N) is 3. The first-order chi connectivity index (χ1) is 13.4. The van der Waals surface area contributed by atoms with Crippen LogP contribution in [-0.4, -0.2) is 19.7 Å². The topological polar surface area (TPSA) is 75.6 Å². The molecule has 0 saturated carbocycles. The number of halogens is 3. The molecule has 0 aliphatic rings. The van der Waals surface area contributed by atoms with Crippen molar-refractivity contribution in [1.82, 2.24) is 19.7 Å². The van der Waals surface area contributed by atoms with Crippen molar-refractivity contribution < 1.29 is 13.2 Å². The number of H-pyrrole nitrogens is 1. The van der Waals surface area contributed by atoms with E-state index in [1.54, 1.807) is 0 Å². The van der Waals surface area contributed by atoms with Crippen molar-refractivity contribution >= 4 is 22.5 Å². The van der Waals surface area contributed by atoms with Crippen LogP contribution in [0.2, 0.25) is 0 Å². The van der Waals surface area contributed by atoms with Gasteiger partial charge in [0.05, 0.1) is 6.54 Å². The molecule has 0 aliphatic heterocycles. The van der Waals surface area contributed by atoms with Crippen LogP contribution in [0.1, 0.15) is 11.1 Å². The SMILES string of the molecule is Cc1c(Nc2nc(=O)cnn2Cc2cc(F)c(F)c(F)c2)ccc2[nH]ccc12. The number of aryl methyl sites for hydroxylation is 1. The second-order valence-electron chi connectivity index (χ2n) is 6.25. The Hall–Kier alpha value is -3.62. The number of anilines is 2. The van der Waals surface area contributed by atoms with Gasteiger partial charge in [-0.05, 0) is 48.4 Å². The van der Waals surface area contributed by atoms with E-state index in [-0.39, 0.29) is 18.1 Å². The third-order valence-corrected chi connectivity index (χ3v) is 4.39. The molecule has 0 unspecified atom stereocenters. The number of fused-ring (bicyclic) bond motifs is 1. The fourth-order valence-electron chi connectivity index (χ4n) is 2.98. The lowest BCUT2D eigenvalue weighted by molar-refractivity contribution is 0.444. The van der Waals surface area contributed by atoms with Gasteiger partial charge in [0.1, 0.15) is 6.20 Å². The maximum atomic E-state index is 13.5. The van der Waals surface area contributed by atoms with E-state index in [1.165, 1.54) is 4.68 Å². The average Bonchev–Trinajstić information content (AvgIpc) is 3.14. The van der Waals surface area contributed by atoms with Crippen molar-refractivity contribution in [1.29, 1.82) is 0 Å². The average molecular weight is 385 g/mol. The summed E-state index contributed by atoms with van der Waals surface area (Å²) in [7, 11) is 0. The summed E-state index contributed by atoms with van der Waals surface area (Å²) < 4.78 is 41.4. The highest BCUT2D eigenvalue weighted by atomic mass is 19.2. The molecule has 2 aromatic heterocycles. The van der Waals surface area contributed by atoms with Crippen molar-refractivity contribution in [2.24, 2.45) is 0 Å². The fraction of sp³-hybridized carbons (Fsp3) is 0.105. The van der Waals surface area contributed by atoms with Gasteiger partial charge in [0, 0.05) is 22.8 Å². The predicted octanol–water partition coefficient (Wildman–Crippen LogP) is 3.64. The molecule has 9 heteroatoms. The van der Waals surface area contributed by atoms with Crippen molar-refractivity contribution in [3.8, 4) is 0 Å². The first kappa shape index (κ1) is 17.8. The van der Waals surface area contributed by atoms with Gasteiger partial charge in [-0.15, -0.1) is 0 Å². The lowest BCUT2D eigenvalue weighted by Gasteiger charge is -2.14. The highest BCUT2D eigenvalue weighted by molar-refractivity contribution is 5.88. The van der Waals surface area contributed by atoms with Crippen LogP contribution >= 0.6 is 0 Å². The van der Waals surface area contributed by atoms with Gasteiger partial charge in [-0.1, -0.05) is 0 Å². The van der Waals surface area contributed by atoms with Crippen molar-refractivity contribution in [3.63, 3.8) is 0 Å². The first-order valence-corrected chi connectivity index (χ1v) is 8.33. The molecule has 6 nitrogen and oxygen atoms in total. The zero-order valence-corrected chi connectivity index (χ0v) is 14.6. The molecule has 0 radical (unpaired) electrons. The number of benzene rings is 2. The van der Waals surface area contributed by atoms with Crippen LogP contribution in [0.3, 0.4) is 0 Å². The van der Waals surface area contributed by atoms with E-state index in [0.717, 1.165) is 34.8 Å². The standard InChI is InChI=1S/C19H14F3N5O/c1-10-12-4-5-23-16(12)3-2-15(10)25-19-26-17(28)8-24-27(19)9-11-6-13(20)18(22)14(21)7-11/h2-8,23H,9H2,1H3,(H,25,26,28). The second kappa shape index (κ2) is 6.84. The number of nitrogens with one attached hydrogen (secondary N) is 2. The Labute approximate surface area is 156 Å². The number of rotatable bonds is 4. The maximum Gasteiger partial charge on any atom is 0.293 e. The molecule has 2 N–H and O–H groups in total. The van der Waals surface area contributed by atoms with E-state index >= 15 is 0 Å². The molecule has 0 spiro atoms. The van der Waals surface area contributed by atoms with Gasteiger partial charge in [-0.3, -0.25) is 4.79 Å². The smallest absolute Gasteiger partial charge is 0.293 e. The van der Waals surface area contributed by atoms with Crippen LogP contribution in [0.25, 0.3) is 10.9 Å². The molecule has 4 rings (SSSR count). The van der Waals surface area contributed by atoms with E-state index in [1.807, 2.05) is 31.3 Å². The fourth-order valence-corrected chi connectivity index (χ4v) is 2.98. The Bertz CT molecular complexity index is 1230. The summed E-state index contributed by atoms with van der Waals surface area (Å²) in [6.45, 7) is 1.79. The van der Waals surface area contributed by atoms with Crippen LogP contribution in [0.5, 0.6) is 0 Å². The summed E-state index contributed by atoms with van der Waals surface area (Å²) >= 11 is 0. The van der Waals surface area contributed by atoms with Crippen LogP contribution in [0.15, 0.2) is 47.5 Å². The molecule has 28 heavy (non-hydrogen) atoms. The van der Waals surface area contributed by atoms with E-state index in [9.17, 15) is 18.0 Å². The van der Waals surface area contributed by atoms with E-state index in [4.69, 9.17) is 0 Å². The Kier molecular flexibility index (Phi) is 4.34. The summed E-state index contributed by atoms with van der Waals surface area (Å²) in [4.78, 5) is 18.7. The number of hydrogen-bond donors (Lipinski definition) is 2. The first-order valence-electron chi connectivity index (χ1n) is 8.33. The third-order valence-electron chi connectivity index (χ3n) is 4.39. The summed E-state index contributed by atoms with van der Waals surface area (Å²) in [5.41, 5.74) is 2.13. The molecule has 0 amide bonds. The minimum atomic E-state index is -1.54. The second-order valence-corrected chi connectivity index (χ2v) is 6.25.